The topological polar surface area (TPSA) is 9.23 Å². The molecular weight excluding hydrogens is 176 g/mol. The van der Waals surface area contributed by atoms with Gasteiger partial charge in [-0.15, -0.1) is 0 Å². The highest BCUT2D eigenvalue weighted by Crippen LogP contribution is 2.48. The predicted molar refractivity (Wildman–Crippen MR) is 58.4 cm³/mol. The van der Waals surface area contributed by atoms with Crippen LogP contribution in [-0.2, 0) is 4.43 Å². The largest absolute Gasteiger partial charge is 0.412 e. The Morgan fingerprint density at radius 2 is 1.77 bits per heavy atom. The first-order chi connectivity index (χ1) is 6.04. The SMILES string of the molecule is CC1C[Si](C)(C)OC12CCCCC2. The lowest BCUT2D eigenvalue weighted by molar-refractivity contribution is 0.00999. The van der Waals surface area contributed by atoms with Crippen LogP contribution in [0.15, 0.2) is 0 Å². The van der Waals surface area contributed by atoms with Crippen LogP contribution in [-0.4, -0.2) is 13.9 Å². The van der Waals surface area contributed by atoms with Gasteiger partial charge in [-0.25, -0.2) is 0 Å². The molecule has 2 fully saturated rings. The summed E-state index contributed by atoms with van der Waals surface area (Å²) in [7, 11) is -1.26. The number of rotatable bonds is 0. The minimum atomic E-state index is -1.26. The fourth-order valence-corrected chi connectivity index (χ4v) is 6.80. The molecule has 1 aliphatic heterocycles. The molecule has 1 nitrogen and oxygen atoms in total. The van der Waals surface area contributed by atoms with Gasteiger partial charge in [0.15, 0.2) is 8.32 Å². The van der Waals surface area contributed by atoms with E-state index in [0.29, 0.717) is 5.60 Å². The molecule has 0 amide bonds. The maximum Gasteiger partial charge on any atom is 0.187 e. The van der Waals surface area contributed by atoms with Crippen LogP contribution < -0.4 is 0 Å². The molecule has 0 aromatic heterocycles. The molecule has 1 atom stereocenters. The molecular formula is C11H22OSi. The van der Waals surface area contributed by atoms with Crippen LogP contribution in [0.1, 0.15) is 39.0 Å². The molecule has 0 N–H and O–H groups in total. The van der Waals surface area contributed by atoms with Crippen molar-refractivity contribution in [1.82, 2.24) is 0 Å². The first-order valence-corrected chi connectivity index (χ1v) is 8.86. The third kappa shape index (κ3) is 1.71. The number of hydrogen-bond donors (Lipinski definition) is 0. The van der Waals surface area contributed by atoms with Crippen LogP contribution in [0, 0.1) is 5.92 Å². The molecule has 13 heavy (non-hydrogen) atoms. The van der Waals surface area contributed by atoms with E-state index in [9.17, 15) is 0 Å². The summed E-state index contributed by atoms with van der Waals surface area (Å²) in [6.07, 6.45) is 6.90. The summed E-state index contributed by atoms with van der Waals surface area (Å²) in [6, 6.07) is 1.38. The van der Waals surface area contributed by atoms with Gasteiger partial charge in [0.05, 0.1) is 5.60 Å². The smallest absolute Gasteiger partial charge is 0.187 e. The van der Waals surface area contributed by atoms with Crippen LogP contribution in [0.3, 0.4) is 0 Å². The minimum absolute atomic E-state index is 0.327. The van der Waals surface area contributed by atoms with Crippen molar-refractivity contribution in [2.24, 2.45) is 5.92 Å². The van der Waals surface area contributed by atoms with Gasteiger partial charge in [0.25, 0.3) is 0 Å². The Kier molecular flexibility index (Phi) is 2.31. The van der Waals surface area contributed by atoms with E-state index >= 15 is 0 Å². The minimum Gasteiger partial charge on any atom is -0.412 e. The zero-order valence-electron chi connectivity index (χ0n) is 9.23. The molecule has 76 valence electrons. The molecule has 1 heterocycles. The van der Waals surface area contributed by atoms with Gasteiger partial charge in [0, 0.05) is 0 Å². The molecule has 1 saturated heterocycles. The molecule has 2 rings (SSSR count). The van der Waals surface area contributed by atoms with Gasteiger partial charge >= 0.3 is 0 Å². The second kappa shape index (κ2) is 3.09. The van der Waals surface area contributed by atoms with Gasteiger partial charge in [-0.1, -0.05) is 26.2 Å². The van der Waals surface area contributed by atoms with E-state index < -0.39 is 8.32 Å². The zero-order chi connectivity index (χ0) is 9.53. The average Bonchev–Trinajstić information content (AvgIpc) is 2.23. The first-order valence-electron chi connectivity index (χ1n) is 5.74. The Labute approximate surface area is 83.0 Å². The third-order valence-corrected chi connectivity index (χ3v) is 6.43. The fraction of sp³-hybridized carbons (Fsp3) is 1.00. The lowest BCUT2D eigenvalue weighted by Crippen LogP contribution is -2.39. The van der Waals surface area contributed by atoms with Crippen molar-refractivity contribution >= 4 is 8.32 Å². The third-order valence-electron chi connectivity index (χ3n) is 3.88. The van der Waals surface area contributed by atoms with E-state index in [4.69, 9.17) is 4.43 Å². The van der Waals surface area contributed by atoms with E-state index in [1.165, 1.54) is 38.1 Å². The highest BCUT2D eigenvalue weighted by molar-refractivity contribution is 6.71. The quantitative estimate of drug-likeness (QED) is 0.541. The predicted octanol–water partition coefficient (Wildman–Crippen LogP) is 3.56. The molecule has 0 aromatic carbocycles. The van der Waals surface area contributed by atoms with E-state index in [1.807, 2.05) is 0 Å². The maximum absolute atomic E-state index is 6.43. The molecule has 1 spiro atoms. The summed E-state index contributed by atoms with van der Waals surface area (Å²) in [5.41, 5.74) is 0.327. The molecule has 0 aromatic rings. The second-order valence-electron chi connectivity index (χ2n) is 5.59. The van der Waals surface area contributed by atoms with Gasteiger partial charge in [-0.05, 0) is 37.9 Å². The average molecular weight is 198 g/mol. The highest BCUT2D eigenvalue weighted by atomic mass is 28.4. The van der Waals surface area contributed by atoms with Gasteiger partial charge in [-0.3, -0.25) is 0 Å². The van der Waals surface area contributed by atoms with Crippen molar-refractivity contribution in [2.45, 2.75) is 63.8 Å². The summed E-state index contributed by atoms with van der Waals surface area (Å²) in [4.78, 5) is 0. The fourth-order valence-electron chi connectivity index (χ4n) is 3.36. The molecule has 0 bridgehead atoms. The summed E-state index contributed by atoms with van der Waals surface area (Å²) >= 11 is 0. The summed E-state index contributed by atoms with van der Waals surface area (Å²) < 4.78 is 6.43. The Morgan fingerprint density at radius 3 is 2.23 bits per heavy atom. The molecule has 1 aliphatic carbocycles. The van der Waals surface area contributed by atoms with Crippen LogP contribution in [0.2, 0.25) is 19.1 Å². The Morgan fingerprint density at radius 1 is 1.15 bits per heavy atom. The molecule has 1 saturated carbocycles. The van der Waals surface area contributed by atoms with Gasteiger partial charge in [-0.2, -0.15) is 0 Å². The van der Waals surface area contributed by atoms with Crippen LogP contribution >= 0.6 is 0 Å². The van der Waals surface area contributed by atoms with Gasteiger partial charge in [0.2, 0.25) is 0 Å². The van der Waals surface area contributed by atoms with E-state index in [2.05, 4.69) is 20.0 Å². The lowest BCUT2D eigenvalue weighted by atomic mass is 9.77. The summed E-state index contributed by atoms with van der Waals surface area (Å²) in [6.45, 7) is 7.17. The van der Waals surface area contributed by atoms with Crippen molar-refractivity contribution in [3.63, 3.8) is 0 Å². The standard InChI is InChI=1S/C11H22OSi/c1-10-9-13(2,3)12-11(10)7-5-4-6-8-11/h10H,4-9H2,1-3H3. The van der Waals surface area contributed by atoms with Crippen molar-refractivity contribution in [2.75, 3.05) is 0 Å². The Hall–Kier alpha value is 0.177. The Bertz CT molecular complexity index is 194. The summed E-state index contributed by atoms with van der Waals surface area (Å²) in [5, 5.41) is 0. The highest BCUT2D eigenvalue weighted by Gasteiger charge is 2.50. The van der Waals surface area contributed by atoms with E-state index in [0.717, 1.165) is 5.92 Å². The van der Waals surface area contributed by atoms with Crippen LogP contribution in [0.5, 0.6) is 0 Å². The van der Waals surface area contributed by atoms with Crippen molar-refractivity contribution in [3.05, 3.63) is 0 Å². The number of hydrogen-bond acceptors (Lipinski definition) is 1. The van der Waals surface area contributed by atoms with Crippen molar-refractivity contribution in [1.29, 1.82) is 0 Å². The second-order valence-corrected chi connectivity index (χ2v) is 9.72. The lowest BCUT2D eigenvalue weighted by Gasteiger charge is -2.38. The molecule has 2 heteroatoms. The maximum atomic E-state index is 6.43. The van der Waals surface area contributed by atoms with Gasteiger partial charge < -0.3 is 4.43 Å². The zero-order valence-corrected chi connectivity index (χ0v) is 10.2. The first kappa shape index (κ1) is 9.72. The van der Waals surface area contributed by atoms with Crippen molar-refractivity contribution < 1.29 is 4.43 Å². The Balaban J connectivity index is 2.13. The monoisotopic (exact) mass is 198 g/mol. The van der Waals surface area contributed by atoms with E-state index in [-0.39, 0.29) is 0 Å². The molecule has 2 aliphatic rings. The van der Waals surface area contributed by atoms with Crippen LogP contribution in [0.4, 0.5) is 0 Å². The summed E-state index contributed by atoms with van der Waals surface area (Å²) in [5.74, 6) is 0.828. The van der Waals surface area contributed by atoms with E-state index in [1.54, 1.807) is 0 Å². The normalized spacial score (nSPS) is 36.7. The van der Waals surface area contributed by atoms with Crippen molar-refractivity contribution in [3.8, 4) is 0 Å². The molecule has 1 unspecified atom stereocenters. The van der Waals surface area contributed by atoms with Crippen LogP contribution in [0.25, 0.3) is 0 Å². The molecule has 0 radical (unpaired) electrons. The van der Waals surface area contributed by atoms with Gasteiger partial charge in [0.1, 0.15) is 0 Å².